The zero-order valence-electron chi connectivity index (χ0n) is 20.6. The molecule has 0 aromatic heterocycles. The summed E-state index contributed by atoms with van der Waals surface area (Å²) in [4.78, 5) is 29.0. The van der Waals surface area contributed by atoms with Gasteiger partial charge in [0.2, 0.25) is 11.8 Å². The molecule has 0 bridgehead atoms. The number of carbonyl (C=O) groups is 2. The highest BCUT2D eigenvalue weighted by Gasteiger charge is 2.30. The van der Waals surface area contributed by atoms with Gasteiger partial charge in [-0.1, -0.05) is 97.8 Å². The van der Waals surface area contributed by atoms with Crippen LogP contribution in [0.15, 0.2) is 78.9 Å². The first-order valence-corrected chi connectivity index (χ1v) is 12.2. The van der Waals surface area contributed by atoms with Gasteiger partial charge in [0.1, 0.15) is 6.04 Å². The van der Waals surface area contributed by atoms with Gasteiger partial charge in [-0.05, 0) is 42.5 Å². The molecule has 3 aromatic carbocycles. The molecule has 1 N–H and O–H groups in total. The zero-order chi connectivity index (χ0) is 24.3. The molecule has 3 rings (SSSR count). The van der Waals surface area contributed by atoms with Crippen molar-refractivity contribution in [1.82, 2.24) is 10.2 Å². The Balaban J connectivity index is 1.95. The van der Waals surface area contributed by atoms with Crippen molar-refractivity contribution in [1.29, 1.82) is 0 Å². The van der Waals surface area contributed by atoms with Gasteiger partial charge in [-0.3, -0.25) is 9.59 Å². The lowest BCUT2D eigenvalue weighted by Crippen LogP contribution is -2.51. The Labute approximate surface area is 204 Å². The number of aryl methyl sites for hydroxylation is 2. The second-order valence-corrected chi connectivity index (χ2v) is 8.96. The van der Waals surface area contributed by atoms with Gasteiger partial charge in [-0.2, -0.15) is 0 Å². The molecule has 0 saturated carbocycles. The molecule has 34 heavy (non-hydrogen) atoms. The molecule has 0 radical (unpaired) electrons. The Kier molecular flexibility index (Phi) is 9.45. The first-order valence-electron chi connectivity index (χ1n) is 12.2. The van der Waals surface area contributed by atoms with Gasteiger partial charge in [0.25, 0.3) is 0 Å². The second-order valence-electron chi connectivity index (χ2n) is 8.96. The van der Waals surface area contributed by atoms with Crippen molar-refractivity contribution >= 4 is 11.8 Å². The molecule has 0 saturated heterocycles. The quantitative estimate of drug-likeness (QED) is 0.393. The first kappa shape index (κ1) is 25.2. The Morgan fingerprint density at radius 3 is 2.29 bits per heavy atom. The molecule has 2 amide bonds. The summed E-state index contributed by atoms with van der Waals surface area (Å²) < 4.78 is 0. The summed E-state index contributed by atoms with van der Waals surface area (Å²) in [5, 5.41) is 3.08. The van der Waals surface area contributed by atoms with E-state index in [1.807, 2.05) is 92.7 Å². The number of unbranched alkanes of at least 4 members (excludes halogenated alkanes) is 1. The van der Waals surface area contributed by atoms with Gasteiger partial charge in [0.15, 0.2) is 0 Å². The van der Waals surface area contributed by atoms with Crippen LogP contribution in [0.2, 0.25) is 0 Å². The predicted octanol–water partition coefficient (Wildman–Crippen LogP) is 5.40. The molecule has 0 fully saturated rings. The maximum Gasteiger partial charge on any atom is 0.243 e. The lowest BCUT2D eigenvalue weighted by Gasteiger charge is -2.32. The van der Waals surface area contributed by atoms with E-state index in [1.165, 1.54) is 0 Å². The van der Waals surface area contributed by atoms with E-state index in [1.54, 1.807) is 4.90 Å². The molecule has 1 atom stereocenters. The summed E-state index contributed by atoms with van der Waals surface area (Å²) in [6, 6.07) is 25.4. The van der Waals surface area contributed by atoms with Crippen molar-refractivity contribution < 1.29 is 9.59 Å². The van der Waals surface area contributed by atoms with Crippen LogP contribution in [0.3, 0.4) is 0 Å². The molecule has 4 heteroatoms. The molecule has 0 spiro atoms. The number of nitrogens with one attached hydrogen (secondary N) is 1. The number of benzene rings is 3. The largest absolute Gasteiger partial charge is 0.354 e. The summed E-state index contributed by atoms with van der Waals surface area (Å²) in [6.07, 6.45) is 2.66. The Hall–Kier alpha value is -3.40. The molecular formula is C30H36N2O2. The highest BCUT2D eigenvalue weighted by Crippen LogP contribution is 2.19. The number of amides is 2. The van der Waals surface area contributed by atoms with Gasteiger partial charge in [0, 0.05) is 19.5 Å². The van der Waals surface area contributed by atoms with E-state index in [9.17, 15) is 9.59 Å². The number of nitrogens with zero attached hydrogens (tertiary/aromatic N) is 1. The molecule has 1 unspecified atom stereocenters. The third-order valence-corrected chi connectivity index (χ3v) is 6.14. The van der Waals surface area contributed by atoms with Crippen molar-refractivity contribution in [3.8, 4) is 0 Å². The van der Waals surface area contributed by atoms with Crippen LogP contribution in [0.1, 0.15) is 47.6 Å². The van der Waals surface area contributed by atoms with Gasteiger partial charge in [0.05, 0.1) is 6.42 Å². The molecular weight excluding hydrogens is 420 g/mol. The molecule has 4 nitrogen and oxygen atoms in total. The predicted molar refractivity (Wildman–Crippen MR) is 138 cm³/mol. The fourth-order valence-corrected chi connectivity index (χ4v) is 4.13. The third-order valence-electron chi connectivity index (χ3n) is 6.14. The van der Waals surface area contributed by atoms with E-state index in [0.717, 1.165) is 40.7 Å². The average Bonchev–Trinajstić information content (AvgIpc) is 2.83. The minimum Gasteiger partial charge on any atom is -0.354 e. The normalized spacial score (nSPS) is 11.6. The summed E-state index contributed by atoms with van der Waals surface area (Å²) in [7, 11) is 0. The van der Waals surface area contributed by atoms with E-state index in [0.29, 0.717) is 19.5 Å². The van der Waals surface area contributed by atoms with E-state index >= 15 is 0 Å². The van der Waals surface area contributed by atoms with Crippen LogP contribution in [0.25, 0.3) is 0 Å². The van der Waals surface area contributed by atoms with Crippen LogP contribution in [-0.4, -0.2) is 29.3 Å². The standard InChI is InChI=1S/C30H36N2O2/c1-4-5-18-31-30(34)28(20-25-14-7-6-8-15-25)32(22-27-17-10-9-13-24(27)3)29(33)21-26-16-11-12-23(2)19-26/h6-17,19,28H,4-5,18,20-22H2,1-3H3,(H,31,34). The van der Waals surface area contributed by atoms with Crippen molar-refractivity contribution in [2.75, 3.05) is 6.54 Å². The Morgan fingerprint density at radius 2 is 1.59 bits per heavy atom. The minimum atomic E-state index is -0.587. The van der Waals surface area contributed by atoms with Crippen LogP contribution in [0.4, 0.5) is 0 Å². The number of rotatable bonds is 11. The molecule has 0 aliphatic heterocycles. The van der Waals surface area contributed by atoms with E-state index in [-0.39, 0.29) is 18.2 Å². The zero-order valence-corrected chi connectivity index (χ0v) is 20.6. The van der Waals surface area contributed by atoms with Gasteiger partial charge >= 0.3 is 0 Å². The fourth-order valence-electron chi connectivity index (χ4n) is 4.13. The maximum atomic E-state index is 13.8. The monoisotopic (exact) mass is 456 g/mol. The first-order chi connectivity index (χ1) is 16.5. The second kappa shape index (κ2) is 12.7. The molecule has 0 aliphatic rings. The number of hydrogen-bond donors (Lipinski definition) is 1. The number of hydrogen-bond acceptors (Lipinski definition) is 2. The average molecular weight is 457 g/mol. The topological polar surface area (TPSA) is 49.4 Å². The SMILES string of the molecule is CCCCNC(=O)C(Cc1ccccc1)N(Cc1ccccc1C)C(=O)Cc1cccc(C)c1. The van der Waals surface area contributed by atoms with Crippen molar-refractivity contribution in [3.63, 3.8) is 0 Å². The summed E-state index contributed by atoms with van der Waals surface area (Å²) in [6.45, 7) is 7.19. The highest BCUT2D eigenvalue weighted by molar-refractivity contribution is 5.88. The third kappa shape index (κ3) is 7.31. The van der Waals surface area contributed by atoms with E-state index < -0.39 is 6.04 Å². The van der Waals surface area contributed by atoms with Crippen LogP contribution < -0.4 is 5.32 Å². The molecule has 3 aromatic rings. The smallest absolute Gasteiger partial charge is 0.243 e. The summed E-state index contributed by atoms with van der Waals surface area (Å²) in [5.41, 5.74) is 5.29. The van der Waals surface area contributed by atoms with Gasteiger partial charge in [-0.25, -0.2) is 0 Å². The minimum absolute atomic E-state index is 0.0413. The van der Waals surface area contributed by atoms with Crippen molar-refractivity contribution in [2.45, 2.75) is 59.0 Å². The lowest BCUT2D eigenvalue weighted by atomic mass is 10.00. The Bertz CT molecular complexity index is 1080. The van der Waals surface area contributed by atoms with Crippen LogP contribution >= 0.6 is 0 Å². The number of carbonyl (C=O) groups excluding carboxylic acids is 2. The van der Waals surface area contributed by atoms with Crippen LogP contribution in [-0.2, 0) is 29.0 Å². The molecule has 0 aliphatic carbocycles. The lowest BCUT2D eigenvalue weighted by molar-refractivity contribution is -0.140. The van der Waals surface area contributed by atoms with Gasteiger partial charge in [-0.15, -0.1) is 0 Å². The van der Waals surface area contributed by atoms with Gasteiger partial charge < -0.3 is 10.2 Å². The summed E-state index contributed by atoms with van der Waals surface area (Å²) in [5.74, 6) is -0.135. The Morgan fingerprint density at radius 1 is 0.882 bits per heavy atom. The molecule has 178 valence electrons. The van der Waals surface area contributed by atoms with E-state index in [2.05, 4.69) is 12.2 Å². The fraction of sp³-hybridized carbons (Fsp3) is 0.333. The van der Waals surface area contributed by atoms with E-state index in [4.69, 9.17) is 0 Å². The van der Waals surface area contributed by atoms with Crippen LogP contribution in [0.5, 0.6) is 0 Å². The highest BCUT2D eigenvalue weighted by atomic mass is 16.2. The maximum absolute atomic E-state index is 13.8. The van der Waals surface area contributed by atoms with Crippen molar-refractivity contribution in [2.24, 2.45) is 0 Å². The summed E-state index contributed by atoms with van der Waals surface area (Å²) >= 11 is 0. The van der Waals surface area contributed by atoms with Crippen molar-refractivity contribution in [3.05, 3.63) is 107 Å². The van der Waals surface area contributed by atoms with Crippen LogP contribution in [0, 0.1) is 13.8 Å². The molecule has 0 heterocycles.